The zero-order chi connectivity index (χ0) is 11.7. The number of fused-ring (bicyclic) bond motifs is 1. The monoisotopic (exact) mass is 229 g/mol. The Morgan fingerprint density at radius 2 is 1.71 bits per heavy atom. The van der Waals surface area contributed by atoms with Crippen LogP contribution in [0.1, 0.15) is 49.3 Å². The normalized spacial score (nSPS) is 23.1. The third kappa shape index (κ3) is 2.13. The van der Waals surface area contributed by atoms with Crippen LogP contribution in [-0.2, 0) is 18.3 Å². The molecule has 1 fully saturated rings. The first-order valence-electron chi connectivity index (χ1n) is 7.11. The Hall–Kier alpha value is -0.820. The first kappa shape index (κ1) is 11.3. The second-order valence-electron chi connectivity index (χ2n) is 6.00. The van der Waals surface area contributed by atoms with Crippen molar-refractivity contribution in [3.63, 3.8) is 0 Å². The Bertz CT molecular complexity index is 402. The van der Waals surface area contributed by atoms with Crippen molar-refractivity contribution in [3.05, 3.63) is 34.9 Å². The minimum absolute atomic E-state index is 0.414. The number of piperidine rings is 1. The molecule has 0 aromatic heterocycles. The number of hydrogen-bond acceptors (Lipinski definition) is 1. The highest BCUT2D eigenvalue weighted by Crippen LogP contribution is 2.35. The smallest absolute Gasteiger partial charge is 0.00405 e. The van der Waals surface area contributed by atoms with E-state index in [1.807, 2.05) is 0 Å². The second-order valence-corrected chi connectivity index (χ2v) is 6.00. The molecule has 0 bridgehead atoms. The summed E-state index contributed by atoms with van der Waals surface area (Å²) >= 11 is 0. The van der Waals surface area contributed by atoms with Gasteiger partial charge in [0.25, 0.3) is 0 Å². The van der Waals surface area contributed by atoms with Crippen molar-refractivity contribution < 1.29 is 0 Å². The van der Waals surface area contributed by atoms with Crippen molar-refractivity contribution in [2.45, 2.75) is 50.9 Å². The third-order valence-electron chi connectivity index (χ3n) is 4.75. The molecule has 92 valence electrons. The molecule has 0 saturated carbocycles. The van der Waals surface area contributed by atoms with Crippen LogP contribution in [0.4, 0.5) is 0 Å². The summed E-state index contributed by atoms with van der Waals surface area (Å²) in [5, 5.41) is 3.47. The lowest BCUT2D eigenvalue weighted by molar-refractivity contribution is 0.335. The van der Waals surface area contributed by atoms with Gasteiger partial charge in [-0.2, -0.15) is 0 Å². The van der Waals surface area contributed by atoms with Crippen LogP contribution >= 0.6 is 0 Å². The number of hydrogen-bond donors (Lipinski definition) is 1. The fraction of sp³-hybridized carbons (Fsp3) is 0.625. The van der Waals surface area contributed by atoms with Crippen molar-refractivity contribution in [3.8, 4) is 0 Å². The minimum Gasteiger partial charge on any atom is -0.317 e. The summed E-state index contributed by atoms with van der Waals surface area (Å²) in [5.41, 5.74) is 5.24. The molecule has 1 aromatic carbocycles. The van der Waals surface area contributed by atoms with Crippen LogP contribution in [0.25, 0.3) is 0 Å². The molecule has 0 unspecified atom stereocenters. The molecular weight excluding hydrogens is 206 g/mol. The maximum Gasteiger partial charge on any atom is -0.00405 e. The van der Waals surface area contributed by atoms with Crippen LogP contribution in [0, 0.1) is 0 Å². The third-order valence-corrected chi connectivity index (χ3v) is 4.75. The lowest BCUT2D eigenvalue weighted by Crippen LogP contribution is -2.37. The van der Waals surface area contributed by atoms with Crippen LogP contribution < -0.4 is 5.32 Å². The maximum absolute atomic E-state index is 3.47. The highest BCUT2D eigenvalue weighted by Gasteiger charge is 2.29. The molecule has 1 aliphatic carbocycles. The van der Waals surface area contributed by atoms with Gasteiger partial charge < -0.3 is 5.32 Å². The van der Waals surface area contributed by atoms with E-state index in [1.54, 1.807) is 16.7 Å². The van der Waals surface area contributed by atoms with Crippen molar-refractivity contribution >= 4 is 0 Å². The van der Waals surface area contributed by atoms with E-state index in [-0.39, 0.29) is 0 Å². The molecule has 1 aliphatic heterocycles. The quantitative estimate of drug-likeness (QED) is 0.779. The predicted octanol–water partition coefficient (Wildman–Crippen LogP) is 3.21. The van der Waals surface area contributed by atoms with Crippen LogP contribution in [0.5, 0.6) is 0 Å². The van der Waals surface area contributed by atoms with Crippen molar-refractivity contribution in [1.29, 1.82) is 0 Å². The Morgan fingerprint density at radius 3 is 2.47 bits per heavy atom. The summed E-state index contributed by atoms with van der Waals surface area (Å²) in [7, 11) is 0. The van der Waals surface area contributed by atoms with E-state index in [4.69, 9.17) is 0 Å². The second kappa shape index (κ2) is 4.45. The molecule has 1 N–H and O–H groups in total. The standard InChI is InChI=1S/C16H23N/c1-16(8-10-17-11-9-16)15-7-6-13-4-2-3-5-14(13)12-15/h6-7,12,17H,2-5,8-11H2,1H3. The molecule has 1 aromatic rings. The molecule has 2 aliphatic rings. The molecule has 1 heterocycles. The topological polar surface area (TPSA) is 12.0 Å². The molecule has 1 heteroatoms. The zero-order valence-corrected chi connectivity index (χ0v) is 10.9. The largest absolute Gasteiger partial charge is 0.317 e. The van der Waals surface area contributed by atoms with E-state index in [0.29, 0.717) is 5.41 Å². The fourth-order valence-electron chi connectivity index (χ4n) is 3.38. The summed E-state index contributed by atoms with van der Waals surface area (Å²) < 4.78 is 0. The van der Waals surface area contributed by atoms with Gasteiger partial charge in [0.15, 0.2) is 0 Å². The van der Waals surface area contributed by atoms with Gasteiger partial charge in [0.05, 0.1) is 0 Å². The van der Waals surface area contributed by atoms with Gasteiger partial charge in [-0.25, -0.2) is 0 Å². The summed E-state index contributed by atoms with van der Waals surface area (Å²) in [6.07, 6.45) is 7.94. The van der Waals surface area contributed by atoms with E-state index < -0.39 is 0 Å². The van der Waals surface area contributed by atoms with Crippen molar-refractivity contribution in [2.75, 3.05) is 13.1 Å². The Balaban J connectivity index is 1.92. The fourth-order valence-corrected chi connectivity index (χ4v) is 3.38. The molecule has 0 radical (unpaired) electrons. The Morgan fingerprint density at radius 1 is 1.00 bits per heavy atom. The summed E-state index contributed by atoms with van der Waals surface area (Å²) in [5.74, 6) is 0. The highest BCUT2D eigenvalue weighted by molar-refractivity contribution is 5.37. The van der Waals surface area contributed by atoms with Crippen LogP contribution in [0.2, 0.25) is 0 Å². The summed E-state index contributed by atoms with van der Waals surface area (Å²) in [4.78, 5) is 0. The lowest BCUT2D eigenvalue weighted by atomic mass is 9.73. The van der Waals surface area contributed by atoms with Gasteiger partial charge in [-0.1, -0.05) is 25.1 Å². The minimum atomic E-state index is 0.414. The number of aryl methyl sites for hydroxylation is 2. The van der Waals surface area contributed by atoms with Crippen LogP contribution in [0.15, 0.2) is 18.2 Å². The molecule has 1 saturated heterocycles. The Labute approximate surface area is 105 Å². The predicted molar refractivity (Wildman–Crippen MR) is 72.5 cm³/mol. The van der Waals surface area contributed by atoms with Gasteiger partial charge in [-0.15, -0.1) is 0 Å². The first-order valence-corrected chi connectivity index (χ1v) is 7.11. The number of rotatable bonds is 1. The van der Waals surface area contributed by atoms with Gasteiger partial charge >= 0.3 is 0 Å². The molecule has 1 nitrogen and oxygen atoms in total. The van der Waals surface area contributed by atoms with Gasteiger partial charge in [0.2, 0.25) is 0 Å². The van der Waals surface area contributed by atoms with Gasteiger partial charge in [0, 0.05) is 0 Å². The molecule has 17 heavy (non-hydrogen) atoms. The van der Waals surface area contributed by atoms with E-state index in [0.717, 1.165) is 0 Å². The maximum atomic E-state index is 3.47. The molecule has 3 rings (SSSR count). The van der Waals surface area contributed by atoms with Crippen LogP contribution in [-0.4, -0.2) is 13.1 Å². The van der Waals surface area contributed by atoms with Gasteiger partial charge in [-0.3, -0.25) is 0 Å². The SMILES string of the molecule is CC1(c2ccc3c(c2)CCCC3)CCNCC1. The van der Waals surface area contributed by atoms with E-state index in [9.17, 15) is 0 Å². The first-order chi connectivity index (χ1) is 8.28. The lowest BCUT2D eigenvalue weighted by Gasteiger charge is -2.35. The molecule has 0 spiro atoms. The van der Waals surface area contributed by atoms with E-state index in [1.165, 1.54) is 51.6 Å². The van der Waals surface area contributed by atoms with Crippen molar-refractivity contribution in [1.82, 2.24) is 5.32 Å². The average Bonchev–Trinajstić information content (AvgIpc) is 2.39. The average molecular weight is 229 g/mol. The van der Waals surface area contributed by atoms with Crippen LogP contribution in [0.3, 0.4) is 0 Å². The van der Waals surface area contributed by atoms with E-state index >= 15 is 0 Å². The van der Waals surface area contributed by atoms with Crippen molar-refractivity contribution in [2.24, 2.45) is 0 Å². The van der Waals surface area contributed by atoms with Gasteiger partial charge in [-0.05, 0) is 73.7 Å². The molecular formula is C16H23N. The summed E-state index contributed by atoms with van der Waals surface area (Å²) in [6, 6.07) is 7.31. The Kier molecular flexibility index (Phi) is 2.96. The molecule has 0 amide bonds. The highest BCUT2D eigenvalue weighted by atomic mass is 14.9. The summed E-state index contributed by atoms with van der Waals surface area (Å²) in [6.45, 7) is 4.79. The van der Waals surface area contributed by atoms with Gasteiger partial charge in [0.1, 0.15) is 0 Å². The number of benzene rings is 1. The zero-order valence-electron chi connectivity index (χ0n) is 10.9. The van der Waals surface area contributed by atoms with E-state index in [2.05, 4.69) is 30.4 Å². The molecule has 0 atom stereocenters. The number of nitrogens with one attached hydrogen (secondary N) is 1.